The van der Waals surface area contributed by atoms with Crippen LogP contribution in [0.15, 0.2) is 24.3 Å². The molecule has 1 aromatic carbocycles. The van der Waals surface area contributed by atoms with Crippen molar-refractivity contribution in [2.24, 2.45) is 11.8 Å². The first-order chi connectivity index (χ1) is 8.61. The van der Waals surface area contributed by atoms with E-state index in [0.29, 0.717) is 12.5 Å². The third-order valence-electron chi connectivity index (χ3n) is 3.50. The molecule has 3 nitrogen and oxygen atoms in total. The summed E-state index contributed by atoms with van der Waals surface area (Å²) < 4.78 is 5.40. The van der Waals surface area contributed by atoms with Crippen molar-refractivity contribution in [3.8, 4) is 5.75 Å². The lowest BCUT2D eigenvalue weighted by Gasteiger charge is -2.15. The second kappa shape index (κ2) is 5.42. The highest BCUT2D eigenvalue weighted by molar-refractivity contribution is 5.81. The topological polar surface area (TPSA) is 38.3 Å². The fourth-order valence-electron chi connectivity index (χ4n) is 2.11. The Morgan fingerprint density at radius 2 is 2.06 bits per heavy atom. The van der Waals surface area contributed by atoms with Crippen LogP contribution in [0.3, 0.4) is 0 Å². The third-order valence-corrected chi connectivity index (χ3v) is 3.50. The fraction of sp³-hybridized carbons (Fsp3) is 0.533. The number of benzene rings is 1. The van der Waals surface area contributed by atoms with Crippen LogP contribution in [-0.4, -0.2) is 12.5 Å². The molecule has 0 bridgehead atoms. The van der Waals surface area contributed by atoms with Gasteiger partial charge in [-0.15, -0.1) is 0 Å². The molecule has 0 spiro atoms. The van der Waals surface area contributed by atoms with Crippen LogP contribution >= 0.6 is 0 Å². The lowest BCUT2D eigenvalue weighted by molar-refractivity contribution is -0.123. The summed E-state index contributed by atoms with van der Waals surface area (Å²) in [4.78, 5) is 11.8. The van der Waals surface area contributed by atoms with Gasteiger partial charge < -0.3 is 10.1 Å². The summed E-state index contributed by atoms with van der Waals surface area (Å²) in [5.41, 5.74) is 1.11. The van der Waals surface area contributed by atoms with Crippen molar-refractivity contribution >= 4 is 5.91 Å². The van der Waals surface area contributed by atoms with Crippen molar-refractivity contribution in [2.75, 3.05) is 6.61 Å². The summed E-state index contributed by atoms with van der Waals surface area (Å²) >= 11 is 0. The Bertz CT molecular complexity index is 413. The second-order valence-corrected chi connectivity index (χ2v) is 5.05. The number of ether oxygens (including phenoxy) is 1. The number of hydrogen-bond acceptors (Lipinski definition) is 2. The van der Waals surface area contributed by atoms with Gasteiger partial charge >= 0.3 is 0 Å². The lowest BCUT2D eigenvalue weighted by Crippen LogP contribution is -2.28. The van der Waals surface area contributed by atoms with E-state index in [-0.39, 0.29) is 17.9 Å². The van der Waals surface area contributed by atoms with Crippen molar-refractivity contribution in [3.05, 3.63) is 29.8 Å². The van der Waals surface area contributed by atoms with Crippen molar-refractivity contribution in [3.63, 3.8) is 0 Å². The van der Waals surface area contributed by atoms with Crippen molar-refractivity contribution in [2.45, 2.75) is 33.2 Å². The van der Waals surface area contributed by atoms with E-state index in [0.717, 1.165) is 17.7 Å². The Morgan fingerprint density at radius 3 is 2.56 bits per heavy atom. The molecule has 0 unspecified atom stereocenters. The number of carbonyl (C=O) groups is 1. The highest BCUT2D eigenvalue weighted by atomic mass is 16.5. The summed E-state index contributed by atoms with van der Waals surface area (Å²) in [5, 5.41) is 3.06. The Kier molecular flexibility index (Phi) is 3.90. The Hall–Kier alpha value is -1.51. The predicted octanol–water partition coefficient (Wildman–Crippen LogP) is 2.92. The molecule has 0 heterocycles. The van der Waals surface area contributed by atoms with Crippen molar-refractivity contribution in [1.29, 1.82) is 0 Å². The maximum Gasteiger partial charge on any atom is 0.223 e. The van der Waals surface area contributed by atoms with Crippen LogP contribution < -0.4 is 10.1 Å². The largest absolute Gasteiger partial charge is 0.494 e. The highest BCUT2D eigenvalue weighted by Crippen LogP contribution is 2.38. The molecule has 1 aromatic rings. The van der Waals surface area contributed by atoms with Gasteiger partial charge in [-0.25, -0.2) is 0 Å². The molecule has 18 heavy (non-hydrogen) atoms. The summed E-state index contributed by atoms with van der Waals surface area (Å²) in [6.45, 7) is 6.77. The quantitative estimate of drug-likeness (QED) is 0.868. The number of nitrogens with one attached hydrogen (secondary N) is 1. The van der Waals surface area contributed by atoms with Crippen LogP contribution in [0.2, 0.25) is 0 Å². The minimum Gasteiger partial charge on any atom is -0.494 e. The molecule has 0 aliphatic heterocycles. The minimum atomic E-state index is 0.0565. The summed E-state index contributed by atoms with van der Waals surface area (Å²) in [5.74, 6) is 1.84. The van der Waals surface area contributed by atoms with E-state index >= 15 is 0 Å². The third kappa shape index (κ3) is 3.03. The van der Waals surface area contributed by atoms with Gasteiger partial charge in [-0.2, -0.15) is 0 Å². The molecule has 1 fully saturated rings. The second-order valence-electron chi connectivity index (χ2n) is 5.05. The normalized spacial score (nSPS) is 23.3. The van der Waals surface area contributed by atoms with Crippen molar-refractivity contribution < 1.29 is 9.53 Å². The van der Waals surface area contributed by atoms with Crippen LogP contribution in [0.5, 0.6) is 5.75 Å². The minimum absolute atomic E-state index is 0.0565. The molecular formula is C15H21NO2. The van der Waals surface area contributed by atoms with E-state index in [2.05, 4.69) is 12.2 Å². The lowest BCUT2D eigenvalue weighted by atomic mass is 10.1. The maximum absolute atomic E-state index is 11.8. The molecule has 1 aliphatic rings. The average molecular weight is 247 g/mol. The highest BCUT2D eigenvalue weighted by Gasteiger charge is 2.39. The number of carbonyl (C=O) groups excluding carboxylic acids is 1. The molecule has 3 atom stereocenters. The van der Waals surface area contributed by atoms with Gasteiger partial charge in [0.1, 0.15) is 5.75 Å². The van der Waals surface area contributed by atoms with Gasteiger partial charge in [0, 0.05) is 5.92 Å². The van der Waals surface area contributed by atoms with Gasteiger partial charge in [0.25, 0.3) is 0 Å². The monoisotopic (exact) mass is 247 g/mol. The van der Waals surface area contributed by atoms with Gasteiger partial charge in [0.2, 0.25) is 5.91 Å². The van der Waals surface area contributed by atoms with Crippen LogP contribution in [0.1, 0.15) is 38.8 Å². The molecule has 98 valence electrons. The molecular weight excluding hydrogens is 226 g/mol. The van der Waals surface area contributed by atoms with E-state index < -0.39 is 0 Å². The van der Waals surface area contributed by atoms with Crippen molar-refractivity contribution in [1.82, 2.24) is 5.32 Å². The van der Waals surface area contributed by atoms with Crippen LogP contribution in [0, 0.1) is 11.8 Å². The molecule has 0 saturated heterocycles. The molecule has 1 saturated carbocycles. The van der Waals surface area contributed by atoms with E-state index in [1.165, 1.54) is 0 Å². The zero-order valence-corrected chi connectivity index (χ0v) is 11.3. The molecule has 1 N–H and O–H groups in total. The molecule has 1 aliphatic carbocycles. The van der Waals surface area contributed by atoms with E-state index in [1.54, 1.807) is 0 Å². The van der Waals surface area contributed by atoms with Crippen LogP contribution in [0.4, 0.5) is 0 Å². The molecule has 1 amide bonds. The number of hydrogen-bond donors (Lipinski definition) is 1. The molecule has 3 heteroatoms. The Labute approximate surface area is 109 Å². The number of amides is 1. The average Bonchev–Trinajstić information content (AvgIpc) is 3.08. The smallest absolute Gasteiger partial charge is 0.223 e. The van der Waals surface area contributed by atoms with Gasteiger partial charge in [-0.1, -0.05) is 19.1 Å². The van der Waals surface area contributed by atoms with Gasteiger partial charge in [-0.3, -0.25) is 4.79 Å². The first-order valence-electron chi connectivity index (χ1n) is 6.65. The van der Waals surface area contributed by atoms with Crippen LogP contribution in [0.25, 0.3) is 0 Å². The first kappa shape index (κ1) is 12.9. The SMILES string of the molecule is CCOc1ccc([C@H](C)NC(=O)[C@H]2C[C@@H]2C)cc1. The first-order valence-corrected chi connectivity index (χ1v) is 6.65. The molecule has 0 radical (unpaired) electrons. The predicted molar refractivity (Wildman–Crippen MR) is 71.4 cm³/mol. The van der Waals surface area contributed by atoms with E-state index in [9.17, 15) is 4.79 Å². The maximum atomic E-state index is 11.8. The standard InChI is InChI=1S/C15H21NO2/c1-4-18-13-7-5-12(6-8-13)11(3)16-15(17)14-9-10(14)2/h5-8,10-11,14H,4,9H2,1-3H3,(H,16,17)/t10-,11-,14-/m0/s1. The molecule has 2 rings (SSSR count). The zero-order chi connectivity index (χ0) is 13.1. The Balaban J connectivity index is 1.91. The van der Waals surface area contributed by atoms with E-state index in [1.807, 2.05) is 38.1 Å². The van der Waals surface area contributed by atoms with E-state index in [4.69, 9.17) is 4.74 Å². The van der Waals surface area contributed by atoms with Crippen LogP contribution in [-0.2, 0) is 4.79 Å². The van der Waals surface area contributed by atoms with Gasteiger partial charge in [0.15, 0.2) is 0 Å². The summed E-state index contributed by atoms with van der Waals surface area (Å²) in [6.07, 6.45) is 1.03. The fourth-order valence-corrected chi connectivity index (χ4v) is 2.11. The van der Waals surface area contributed by atoms with Gasteiger partial charge in [0.05, 0.1) is 12.6 Å². The summed E-state index contributed by atoms with van der Waals surface area (Å²) in [6, 6.07) is 7.96. The number of rotatable bonds is 5. The molecule has 0 aromatic heterocycles. The Morgan fingerprint density at radius 1 is 1.44 bits per heavy atom. The zero-order valence-electron chi connectivity index (χ0n) is 11.3. The van der Waals surface area contributed by atoms with Gasteiger partial charge in [-0.05, 0) is 43.9 Å². The summed E-state index contributed by atoms with van der Waals surface area (Å²) in [7, 11) is 0.